The summed E-state index contributed by atoms with van der Waals surface area (Å²) in [4.78, 5) is 34.8. The minimum atomic E-state index is -0.825. The molecule has 29 heavy (non-hydrogen) atoms. The van der Waals surface area contributed by atoms with Crippen LogP contribution >= 0.6 is 22.9 Å². The summed E-state index contributed by atoms with van der Waals surface area (Å²) in [6, 6.07) is 20.3. The molecule has 0 saturated carbocycles. The van der Waals surface area contributed by atoms with Gasteiger partial charge in [0, 0.05) is 9.90 Å². The number of likely N-dealkylation sites (tertiary alicyclic amines) is 1. The molecule has 2 saturated heterocycles. The molecule has 0 radical (unpaired) electrons. The van der Waals surface area contributed by atoms with E-state index in [1.165, 1.54) is 4.90 Å². The molecule has 2 fully saturated rings. The van der Waals surface area contributed by atoms with Crippen LogP contribution in [0.4, 0.5) is 5.69 Å². The van der Waals surface area contributed by atoms with E-state index in [2.05, 4.69) is 0 Å². The first-order chi connectivity index (χ1) is 14.1. The van der Waals surface area contributed by atoms with Crippen molar-refractivity contribution in [2.24, 2.45) is 5.92 Å². The SMILES string of the molecule is O=C1[C@@H]2[C@@H](c3cccs3)N(c3ccc(Cl)cc3)O[C@H]2C(=O)N1Cc1ccccc1. The second-order valence-electron chi connectivity index (χ2n) is 7.06. The van der Waals surface area contributed by atoms with Crippen LogP contribution in [0.5, 0.6) is 0 Å². The summed E-state index contributed by atoms with van der Waals surface area (Å²) in [5.74, 6) is -1.07. The number of amides is 2. The van der Waals surface area contributed by atoms with Gasteiger partial charge in [0.25, 0.3) is 5.91 Å². The minimum Gasteiger partial charge on any atom is -0.275 e. The molecule has 2 aliphatic rings. The Morgan fingerprint density at radius 1 is 0.931 bits per heavy atom. The lowest BCUT2D eigenvalue weighted by atomic mass is 9.95. The number of rotatable bonds is 4. The van der Waals surface area contributed by atoms with Crippen molar-refractivity contribution >= 4 is 40.4 Å². The standard InChI is InChI=1S/C22H17ClN2O3S/c23-15-8-10-16(11-9-15)25-19(17-7-4-12-29-17)18-20(28-25)22(27)24(21(18)26)13-14-5-2-1-3-6-14/h1-12,18-20H,13H2/t18-,19-,20-/m1/s1. The smallest absolute Gasteiger partial charge is 0.262 e. The van der Waals surface area contributed by atoms with E-state index in [1.54, 1.807) is 28.5 Å². The number of halogens is 1. The van der Waals surface area contributed by atoms with E-state index in [4.69, 9.17) is 16.4 Å². The minimum absolute atomic E-state index is 0.196. The van der Waals surface area contributed by atoms with Crippen LogP contribution in [0.3, 0.4) is 0 Å². The Morgan fingerprint density at radius 3 is 2.38 bits per heavy atom. The lowest BCUT2D eigenvalue weighted by molar-refractivity contribution is -0.143. The molecule has 7 heteroatoms. The molecule has 0 bridgehead atoms. The number of nitrogens with zero attached hydrogens (tertiary/aromatic N) is 2. The first-order valence-corrected chi connectivity index (χ1v) is 10.5. The molecular weight excluding hydrogens is 408 g/mol. The van der Waals surface area contributed by atoms with Crippen LogP contribution in [0.25, 0.3) is 0 Å². The lowest BCUT2D eigenvalue weighted by Crippen LogP contribution is -2.36. The van der Waals surface area contributed by atoms with Gasteiger partial charge in [0.2, 0.25) is 5.91 Å². The first-order valence-electron chi connectivity index (χ1n) is 9.27. The zero-order valence-corrected chi connectivity index (χ0v) is 16.8. The quantitative estimate of drug-likeness (QED) is 0.581. The number of thiophene rings is 1. The monoisotopic (exact) mass is 424 g/mol. The normalized spacial score (nSPS) is 23.7. The summed E-state index contributed by atoms with van der Waals surface area (Å²) in [5.41, 5.74) is 1.67. The number of carbonyl (C=O) groups is 2. The number of hydroxylamine groups is 1. The highest BCUT2D eigenvalue weighted by molar-refractivity contribution is 7.10. The molecule has 0 unspecified atom stereocenters. The Bertz CT molecular complexity index is 1040. The van der Waals surface area contributed by atoms with Gasteiger partial charge < -0.3 is 0 Å². The molecule has 0 aliphatic carbocycles. The Balaban J connectivity index is 1.50. The van der Waals surface area contributed by atoms with Gasteiger partial charge in [-0.15, -0.1) is 11.3 Å². The zero-order valence-electron chi connectivity index (χ0n) is 15.3. The van der Waals surface area contributed by atoms with Crippen LogP contribution in [0, 0.1) is 5.92 Å². The molecule has 2 amide bonds. The summed E-state index contributed by atoms with van der Waals surface area (Å²) in [6.07, 6.45) is -0.825. The van der Waals surface area contributed by atoms with Gasteiger partial charge in [-0.05, 0) is 41.3 Å². The molecule has 0 spiro atoms. The molecule has 5 rings (SSSR count). The van der Waals surface area contributed by atoms with Crippen molar-refractivity contribution in [1.29, 1.82) is 0 Å². The average Bonchev–Trinajstić information content (AvgIpc) is 3.44. The summed E-state index contributed by atoms with van der Waals surface area (Å²) >= 11 is 7.57. The second-order valence-corrected chi connectivity index (χ2v) is 8.48. The van der Waals surface area contributed by atoms with Crippen molar-refractivity contribution < 1.29 is 14.4 Å². The zero-order chi connectivity index (χ0) is 20.0. The highest BCUT2D eigenvalue weighted by Crippen LogP contribution is 2.48. The van der Waals surface area contributed by atoms with Crippen molar-refractivity contribution in [1.82, 2.24) is 4.90 Å². The largest absolute Gasteiger partial charge is 0.275 e. The van der Waals surface area contributed by atoms with Crippen LogP contribution < -0.4 is 5.06 Å². The third-order valence-electron chi connectivity index (χ3n) is 5.31. The fourth-order valence-electron chi connectivity index (χ4n) is 3.95. The van der Waals surface area contributed by atoms with Crippen LogP contribution in [0.15, 0.2) is 72.1 Å². The van der Waals surface area contributed by atoms with Gasteiger partial charge >= 0.3 is 0 Å². The van der Waals surface area contributed by atoms with Gasteiger partial charge in [0.15, 0.2) is 6.10 Å². The Kier molecular flexibility index (Phi) is 4.62. The Hall–Kier alpha value is -2.67. The van der Waals surface area contributed by atoms with Crippen LogP contribution in [-0.2, 0) is 21.0 Å². The van der Waals surface area contributed by atoms with E-state index in [1.807, 2.05) is 60.0 Å². The molecule has 1 aromatic heterocycles. The molecule has 2 aromatic carbocycles. The average molecular weight is 425 g/mol. The number of carbonyl (C=O) groups excluding carboxylic acids is 2. The predicted molar refractivity (Wildman–Crippen MR) is 111 cm³/mol. The van der Waals surface area contributed by atoms with E-state index in [0.717, 1.165) is 16.1 Å². The number of fused-ring (bicyclic) bond motifs is 1. The fourth-order valence-corrected chi connectivity index (χ4v) is 4.93. The van der Waals surface area contributed by atoms with E-state index < -0.39 is 12.0 Å². The number of anilines is 1. The van der Waals surface area contributed by atoms with Crippen molar-refractivity contribution in [2.45, 2.75) is 18.7 Å². The lowest BCUT2D eigenvalue weighted by Gasteiger charge is -2.27. The van der Waals surface area contributed by atoms with Gasteiger partial charge in [-0.3, -0.25) is 19.3 Å². The summed E-state index contributed by atoms with van der Waals surface area (Å²) in [6.45, 7) is 0.257. The molecule has 5 nitrogen and oxygen atoms in total. The maximum Gasteiger partial charge on any atom is 0.262 e. The third-order valence-corrected chi connectivity index (χ3v) is 6.50. The molecule has 3 aromatic rings. The van der Waals surface area contributed by atoms with Crippen molar-refractivity contribution in [3.63, 3.8) is 0 Å². The predicted octanol–water partition coefficient (Wildman–Crippen LogP) is 4.45. The molecule has 3 heterocycles. The third kappa shape index (κ3) is 3.13. The Labute approximate surface area is 177 Å². The highest BCUT2D eigenvalue weighted by Gasteiger charge is 2.60. The number of hydrogen-bond acceptors (Lipinski definition) is 5. The fraction of sp³-hybridized carbons (Fsp3) is 0.182. The van der Waals surface area contributed by atoms with Crippen molar-refractivity contribution in [3.05, 3.63) is 87.6 Å². The molecular formula is C22H17ClN2O3S. The van der Waals surface area contributed by atoms with E-state index in [-0.39, 0.29) is 24.4 Å². The summed E-state index contributed by atoms with van der Waals surface area (Å²) in [5, 5.41) is 4.26. The first kappa shape index (κ1) is 18.4. The molecule has 2 aliphatic heterocycles. The van der Waals surface area contributed by atoms with Gasteiger partial charge in [-0.1, -0.05) is 48.0 Å². The van der Waals surface area contributed by atoms with Gasteiger partial charge in [0.05, 0.1) is 12.2 Å². The summed E-state index contributed by atoms with van der Waals surface area (Å²) < 4.78 is 0. The highest BCUT2D eigenvalue weighted by atomic mass is 35.5. The van der Waals surface area contributed by atoms with Crippen LogP contribution in [0.1, 0.15) is 16.5 Å². The second kappa shape index (κ2) is 7.30. The molecule has 0 N–H and O–H groups in total. The van der Waals surface area contributed by atoms with Gasteiger partial charge in [-0.2, -0.15) is 0 Å². The maximum absolute atomic E-state index is 13.3. The number of hydrogen-bond donors (Lipinski definition) is 0. The van der Waals surface area contributed by atoms with E-state index in [9.17, 15) is 9.59 Å². The van der Waals surface area contributed by atoms with Crippen molar-refractivity contribution in [2.75, 3.05) is 5.06 Å². The summed E-state index contributed by atoms with van der Waals surface area (Å²) in [7, 11) is 0. The topological polar surface area (TPSA) is 49.9 Å². The molecule has 3 atom stereocenters. The molecule has 146 valence electrons. The maximum atomic E-state index is 13.3. The van der Waals surface area contributed by atoms with E-state index >= 15 is 0 Å². The van der Waals surface area contributed by atoms with Crippen LogP contribution in [-0.4, -0.2) is 22.8 Å². The van der Waals surface area contributed by atoms with E-state index in [0.29, 0.717) is 5.02 Å². The number of benzene rings is 2. The van der Waals surface area contributed by atoms with Gasteiger partial charge in [0.1, 0.15) is 12.0 Å². The van der Waals surface area contributed by atoms with Gasteiger partial charge in [-0.25, -0.2) is 5.06 Å². The van der Waals surface area contributed by atoms with Crippen molar-refractivity contribution in [3.8, 4) is 0 Å². The number of imide groups is 1. The van der Waals surface area contributed by atoms with Crippen LogP contribution in [0.2, 0.25) is 5.02 Å². The Morgan fingerprint density at radius 2 is 1.69 bits per heavy atom.